The van der Waals surface area contributed by atoms with Crippen molar-refractivity contribution in [1.82, 2.24) is 15.2 Å². The molecule has 0 radical (unpaired) electrons. The van der Waals surface area contributed by atoms with Crippen molar-refractivity contribution in [2.45, 2.75) is 31.7 Å². The lowest BCUT2D eigenvalue weighted by molar-refractivity contribution is -0.141. The van der Waals surface area contributed by atoms with Crippen LogP contribution in [0.25, 0.3) is 0 Å². The number of amides is 2. The second-order valence-corrected chi connectivity index (χ2v) is 5.57. The van der Waals surface area contributed by atoms with Crippen molar-refractivity contribution in [3.63, 3.8) is 0 Å². The van der Waals surface area contributed by atoms with Crippen LogP contribution >= 0.6 is 11.3 Å². The van der Waals surface area contributed by atoms with Gasteiger partial charge in [-0.25, -0.2) is 14.6 Å². The smallest absolute Gasteiger partial charge is 0.326 e. The number of likely N-dealkylation sites (tertiary alicyclic amines) is 1. The molecule has 7 heteroatoms. The number of carboxylic acids is 1. The monoisotopic (exact) mass is 283 g/mol. The van der Waals surface area contributed by atoms with E-state index < -0.39 is 12.0 Å². The molecule has 6 nitrogen and oxygen atoms in total. The van der Waals surface area contributed by atoms with Gasteiger partial charge >= 0.3 is 12.0 Å². The summed E-state index contributed by atoms with van der Waals surface area (Å²) in [6.07, 6.45) is 3.01. The maximum Gasteiger partial charge on any atom is 0.326 e. The predicted molar refractivity (Wildman–Crippen MR) is 71.3 cm³/mol. The van der Waals surface area contributed by atoms with Crippen molar-refractivity contribution in [2.24, 2.45) is 0 Å². The van der Waals surface area contributed by atoms with E-state index >= 15 is 0 Å². The fraction of sp³-hybridized carbons (Fsp3) is 0.583. The Labute approximate surface area is 115 Å². The number of nitrogens with one attached hydrogen (secondary N) is 1. The lowest BCUT2D eigenvalue weighted by atomic mass is 10.2. The van der Waals surface area contributed by atoms with Gasteiger partial charge in [0.15, 0.2) is 0 Å². The van der Waals surface area contributed by atoms with Crippen LogP contribution < -0.4 is 5.32 Å². The van der Waals surface area contributed by atoms with Gasteiger partial charge in [0, 0.05) is 30.6 Å². The number of carboxylic acid groups (broad SMARTS) is 1. The molecule has 19 heavy (non-hydrogen) atoms. The average molecular weight is 283 g/mol. The molecule has 0 aromatic carbocycles. The molecule has 0 saturated carbocycles. The number of carbonyl (C=O) groups is 2. The first-order valence-electron chi connectivity index (χ1n) is 6.26. The summed E-state index contributed by atoms with van der Waals surface area (Å²) in [6, 6.07) is -0.983. The minimum Gasteiger partial charge on any atom is -0.480 e. The van der Waals surface area contributed by atoms with Crippen LogP contribution in [0, 0.1) is 0 Å². The molecule has 1 aromatic rings. The normalized spacial score (nSPS) is 20.3. The van der Waals surface area contributed by atoms with E-state index in [1.807, 2.05) is 12.3 Å². The summed E-state index contributed by atoms with van der Waals surface area (Å²) in [6.45, 7) is 2.96. The van der Waals surface area contributed by atoms with Crippen LogP contribution in [-0.2, 0) is 4.79 Å². The maximum absolute atomic E-state index is 12.0. The highest BCUT2D eigenvalue weighted by Crippen LogP contribution is 2.19. The molecule has 2 heterocycles. The molecule has 1 aliphatic heterocycles. The number of hydrogen-bond donors (Lipinski definition) is 2. The van der Waals surface area contributed by atoms with Crippen molar-refractivity contribution in [3.05, 3.63) is 16.6 Å². The Morgan fingerprint density at radius 1 is 1.68 bits per heavy atom. The Morgan fingerprint density at radius 2 is 2.47 bits per heavy atom. The van der Waals surface area contributed by atoms with E-state index in [-0.39, 0.29) is 11.9 Å². The highest BCUT2D eigenvalue weighted by Gasteiger charge is 2.33. The maximum atomic E-state index is 12.0. The van der Waals surface area contributed by atoms with Crippen molar-refractivity contribution in [2.75, 3.05) is 13.1 Å². The summed E-state index contributed by atoms with van der Waals surface area (Å²) in [7, 11) is 0. The zero-order chi connectivity index (χ0) is 13.8. The van der Waals surface area contributed by atoms with E-state index in [0.717, 1.165) is 11.4 Å². The zero-order valence-electron chi connectivity index (χ0n) is 10.7. The molecule has 2 atom stereocenters. The van der Waals surface area contributed by atoms with Crippen molar-refractivity contribution in [3.8, 4) is 0 Å². The lowest BCUT2D eigenvalue weighted by Gasteiger charge is -2.22. The van der Waals surface area contributed by atoms with Gasteiger partial charge in [0.2, 0.25) is 0 Å². The average Bonchev–Trinajstić information content (AvgIpc) is 3.04. The molecular formula is C12H17N3O3S. The van der Waals surface area contributed by atoms with Gasteiger partial charge in [-0.3, -0.25) is 0 Å². The number of aromatic nitrogens is 1. The number of nitrogens with zero attached hydrogens (tertiary/aromatic N) is 2. The molecular weight excluding hydrogens is 266 g/mol. The van der Waals surface area contributed by atoms with E-state index in [4.69, 9.17) is 5.11 Å². The first-order valence-corrected chi connectivity index (χ1v) is 7.14. The standard InChI is InChI=1S/C12H17N3O3S/c1-8(10-13-4-6-19-10)7-14-12(18)15-5-2-3-9(15)11(16)17/h4,6,8-9H,2-3,5,7H2,1H3,(H,14,18)(H,16,17)/t8?,9-/m0/s1. The van der Waals surface area contributed by atoms with Crippen LogP contribution in [0.1, 0.15) is 30.7 Å². The minimum atomic E-state index is -0.930. The van der Waals surface area contributed by atoms with Gasteiger partial charge < -0.3 is 15.3 Å². The Hall–Kier alpha value is -1.63. The molecule has 0 bridgehead atoms. The lowest BCUT2D eigenvalue weighted by Crippen LogP contribution is -2.46. The van der Waals surface area contributed by atoms with Crippen molar-refractivity contribution < 1.29 is 14.7 Å². The topological polar surface area (TPSA) is 82.5 Å². The highest BCUT2D eigenvalue weighted by molar-refractivity contribution is 7.09. The van der Waals surface area contributed by atoms with Gasteiger partial charge in [0.25, 0.3) is 0 Å². The fourth-order valence-corrected chi connectivity index (χ4v) is 2.87. The number of aliphatic carboxylic acids is 1. The highest BCUT2D eigenvalue weighted by atomic mass is 32.1. The number of carbonyl (C=O) groups excluding carboxylic acids is 1. The number of rotatable bonds is 4. The molecule has 0 spiro atoms. The van der Waals surface area contributed by atoms with Gasteiger partial charge in [-0.1, -0.05) is 6.92 Å². The SMILES string of the molecule is CC(CNC(=O)N1CCC[C@H]1C(=O)O)c1nccs1. The summed E-state index contributed by atoms with van der Waals surface area (Å²) in [5.41, 5.74) is 0. The summed E-state index contributed by atoms with van der Waals surface area (Å²) >= 11 is 1.55. The van der Waals surface area contributed by atoms with Gasteiger partial charge in [-0.2, -0.15) is 0 Å². The van der Waals surface area contributed by atoms with Crippen molar-refractivity contribution >= 4 is 23.3 Å². The van der Waals surface area contributed by atoms with Crippen LogP contribution in [0.15, 0.2) is 11.6 Å². The van der Waals surface area contributed by atoms with E-state index in [9.17, 15) is 9.59 Å². The molecule has 2 rings (SSSR count). The molecule has 1 saturated heterocycles. The van der Waals surface area contributed by atoms with E-state index in [1.165, 1.54) is 4.90 Å². The van der Waals surface area contributed by atoms with Crippen LogP contribution in [0.3, 0.4) is 0 Å². The molecule has 1 unspecified atom stereocenters. The molecule has 1 fully saturated rings. The molecule has 104 valence electrons. The van der Waals surface area contributed by atoms with Crippen LogP contribution in [0.5, 0.6) is 0 Å². The second-order valence-electron chi connectivity index (χ2n) is 4.65. The van der Waals surface area contributed by atoms with E-state index in [2.05, 4.69) is 10.3 Å². The number of thiazole rings is 1. The third-order valence-electron chi connectivity index (χ3n) is 3.23. The Kier molecular flexibility index (Phi) is 4.36. The Morgan fingerprint density at radius 3 is 3.11 bits per heavy atom. The summed E-state index contributed by atoms with van der Waals surface area (Å²) < 4.78 is 0. The van der Waals surface area contributed by atoms with Gasteiger partial charge in [0.05, 0.1) is 5.01 Å². The first kappa shape index (κ1) is 13.8. The summed E-state index contributed by atoms with van der Waals surface area (Å²) in [4.78, 5) is 28.6. The predicted octanol–water partition coefficient (Wildman–Crippen LogP) is 1.51. The Balaban J connectivity index is 1.86. The van der Waals surface area contributed by atoms with Crippen LogP contribution in [0.2, 0.25) is 0 Å². The molecule has 1 aliphatic rings. The number of hydrogen-bond acceptors (Lipinski definition) is 4. The molecule has 1 aromatic heterocycles. The largest absolute Gasteiger partial charge is 0.480 e. The molecule has 2 amide bonds. The third-order valence-corrected chi connectivity index (χ3v) is 4.24. The quantitative estimate of drug-likeness (QED) is 0.877. The zero-order valence-corrected chi connectivity index (χ0v) is 11.5. The first-order chi connectivity index (χ1) is 9.09. The van der Waals surface area contributed by atoms with E-state index in [0.29, 0.717) is 19.5 Å². The molecule has 0 aliphatic carbocycles. The second kappa shape index (κ2) is 6.01. The van der Waals surface area contributed by atoms with Crippen LogP contribution in [-0.4, -0.2) is 46.1 Å². The summed E-state index contributed by atoms with van der Waals surface area (Å²) in [5, 5.41) is 14.7. The fourth-order valence-electron chi connectivity index (χ4n) is 2.17. The summed E-state index contributed by atoms with van der Waals surface area (Å²) in [5.74, 6) is -0.796. The minimum absolute atomic E-state index is 0.134. The third kappa shape index (κ3) is 3.23. The van der Waals surface area contributed by atoms with Gasteiger partial charge in [-0.05, 0) is 12.8 Å². The van der Waals surface area contributed by atoms with E-state index in [1.54, 1.807) is 17.5 Å². The van der Waals surface area contributed by atoms with Gasteiger partial charge in [-0.15, -0.1) is 11.3 Å². The van der Waals surface area contributed by atoms with Crippen molar-refractivity contribution in [1.29, 1.82) is 0 Å². The van der Waals surface area contributed by atoms with Crippen LogP contribution in [0.4, 0.5) is 4.79 Å². The number of urea groups is 1. The Bertz CT molecular complexity index is 449. The van der Waals surface area contributed by atoms with Gasteiger partial charge in [0.1, 0.15) is 6.04 Å². The molecule has 2 N–H and O–H groups in total.